The molecule has 2 fully saturated rings. The molecule has 0 saturated heterocycles. The van der Waals surface area contributed by atoms with E-state index in [0.29, 0.717) is 22.5 Å². The number of pyridine rings is 1. The fourth-order valence-electron chi connectivity index (χ4n) is 4.82. The van der Waals surface area contributed by atoms with Crippen molar-refractivity contribution in [2.24, 2.45) is 11.3 Å². The van der Waals surface area contributed by atoms with Gasteiger partial charge in [-0.25, -0.2) is 0 Å². The summed E-state index contributed by atoms with van der Waals surface area (Å²) >= 11 is 6.25. The first-order valence-electron chi connectivity index (χ1n) is 10.4. The molecule has 0 radical (unpaired) electrons. The number of nitrogens with one attached hydrogen (secondary N) is 2. The Morgan fingerprint density at radius 3 is 2.81 bits per heavy atom. The zero-order valence-electron chi connectivity index (χ0n) is 16.1. The second kappa shape index (κ2) is 9.85. The minimum atomic E-state index is -0.0795. The molecule has 150 valence electrons. The molecule has 0 spiro atoms. The van der Waals surface area contributed by atoms with E-state index in [4.69, 9.17) is 16.7 Å². The van der Waals surface area contributed by atoms with Gasteiger partial charge in [-0.1, -0.05) is 37.3 Å². The lowest BCUT2D eigenvalue weighted by Crippen LogP contribution is -2.43. The van der Waals surface area contributed by atoms with E-state index in [9.17, 15) is 4.79 Å². The number of aliphatic hydroxyl groups is 1. The number of hydrogen-bond donors (Lipinski definition) is 3. The Balaban J connectivity index is 1.55. The summed E-state index contributed by atoms with van der Waals surface area (Å²) < 4.78 is 0. The monoisotopic (exact) mass is 393 g/mol. The summed E-state index contributed by atoms with van der Waals surface area (Å²) in [6.07, 6.45) is 12.3. The third-order valence-electron chi connectivity index (χ3n) is 6.22. The number of carbonyl (C=O) groups excluding carboxylic acids is 1. The fraction of sp³-hybridized carbons (Fsp3) is 0.714. The Morgan fingerprint density at radius 1 is 1.30 bits per heavy atom. The Labute approximate surface area is 167 Å². The molecule has 27 heavy (non-hydrogen) atoms. The maximum atomic E-state index is 12.8. The van der Waals surface area contributed by atoms with Crippen molar-refractivity contribution in [1.82, 2.24) is 15.6 Å². The number of amides is 1. The molecule has 6 heteroatoms. The first-order chi connectivity index (χ1) is 13.1. The lowest BCUT2D eigenvalue weighted by molar-refractivity contribution is 0.0681. The van der Waals surface area contributed by atoms with Gasteiger partial charge in [-0.2, -0.15) is 0 Å². The molecule has 3 N–H and O–H groups in total. The average Bonchev–Trinajstić information content (AvgIpc) is 2.67. The van der Waals surface area contributed by atoms with E-state index in [1.165, 1.54) is 44.9 Å². The molecule has 2 bridgehead atoms. The first-order valence-corrected chi connectivity index (χ1v) is 10.7. The van der Waals surface area contributed by atoms with Crippen LogP contribution in [0.3, 0.4) is 0 Å². The number of nitrogens with zero attached hydrogens (tertiary/aromatic N) is 1. The largest absolute Gasteiger partial charge is 0.395 e. The Kier molecular flexibility index (Phi) is 7.50. The summed E-state index contributed by atoms with van der Waals surface area (Å²) in [7, 11) is 0. The van der Waals surface area contributed by atoms with Crippen molar-refractivity contribution < 1.29 is 9.90 Å². The molecule has 1 aromatic heterocycles. The van der Waals surface area contributed by atoms with Crippen LogP contribution in [0.5, 0.6) is 0 Å². The number of hydrogen-bond acceptors (Lipinski definition) is 4. The smallest absolute Gasteiger partial charge is 0.252 e. The van der Waals surface area contributed by atoms with Crippen molar-refractivity contribution in [3.05, 3.63) is 28.5 Å². The molecule has 3 rings (SSSR count). The summed E-state index contributed by atoms with van der Waals surface area (Å²) in [4.78, 5) is 17.1. The van der Waals surface area contributed by atoms with Crippen LogP contribution >= 0.6 is 11.6 Å². The van der Waals surface area contributed by atoms with Gasteiger partial charge in [-0.15, -0.1) is 0 Å². The first kappa shape index (κ1) is 20.6. The zero-order valence-corrected chi connectivity index (χ0v) is 16.9. The quantitative estimate of drug-likeness (QED) is 0.562. The van der Waals surface area contributed by atoms with Crippen LogP contribution in [0.4, 0.5) is 0 Å². The highest BCUT2D eigenvalue weighted by Gasteiger charge is 2.39. The van der Waals surface area contributed by atoms with Gasteiger partial charge in [-0.3, -0.25) is 9.78 Å². The standard InChI is InChI=1S/C21H32ClN3O2/c22-19-14-24-17(6-3-9-23-10-11-26)12-18(19)20(27)25-15-21-7-1-4-16(13-21)5-2-8-21/h12,14,16,23,26H,1-11,13,15H2,(H,25,27). The van der Waals surface area contributed by atoms with Crippen LogP contribution in [-0.2, 0) is 6.42 Å². The van der Waals surface area contributed by atoms with Gasteiger partial charge in [0.05, 0.1) is 17.2 Å². The number of halogens is 1. The molecule has 2 aliphatic rings. The summed E-state index contributed by atoms with van der Waals surface area (Å²) in [6, 6.07) is 1.83. The minimum absolute atomic E-state index is 0.0795. The third-order valence-corrected chi connectivity index (χ3v) is 6.52. The SMILES string of the molecule is O=C(NCC12CCCC(CCC1)C2)c1cc(CCCNCCO)ncc1Cl. The molecule has 1 aromatic rings. The lowest BCUT2D eigenvalue weighted by Gasteiger charge is -2.45. The van der Waals surface area contributed by atoms with Crippen LogP contribution in [0, 0.1) is 11.3 Å². The fourth-order valence-corrected chi connectivity index (χ4v) is 5.01. The summed E-state index contributed by atoms with van der Waals surface area (Å²) in [6.45, 7) is 2.33. The Hall–Kier alpha value is -1.17. The van der Waals surface area contributed by atoms with Crippen molar-refractivity contribution >= 4 is 17.5 Å². The van der Waals surface area contributed by atoms with Crippen LogP contribution in [0.1, 0.15) is 67.4 Å². The molecule has 1 amide bonds. The number of aliphatic hydroxyl groups excluding tert-OH is 1. The van der Waals surface area contributed by atoms with Crippen molar-refractivity contribution in [2.45, 2.75) is 57.8 Å². The summed E-state index contributed by atoms with van der Waals surface area (Å²) in [5.41, 5.74) is 1.71. The van der Waals surface area contributed by atoms with Crippen LogP contribution in [0.25, 0.3) is 0 Å². The normalized spacial score (nSPS) is 24.6. The minimum Gasteiger partial charge on any atom is -0.395 e. The van der Waals surface area contributed by atoms with Gasteiger partial charge in [0.2, 0.25) is 0 Å². The molecule has 5 nitrogen and oxygen atoms in total. The third kappa shape index (κ3) is 5.66. The molecule has 0 aliphatic heterocycles. The van der Waals surface area contributed by atoms with Crippen molar-refractivity contribution in [3.63, 3.8) is 0 Å². The van der Waals surface area contributed by atoms with Crippen molar-refractivity contribution in [3.8, 4) is 0 Å². The summed E-state index contributed by atoms with van der Waals surface area (Å²) in [5.74, 6) is 0.782. The summed E-state index contributed by atoms with van der Waals surface area (Å²) in [5, 5.41) is 15.5. The van der Waals surface area contributed by atoms with E-state index >= 15 is 0 Å². The van der Waals surface area contributed by atoms with Gasteiger partial charge in [0.1, 0.15) is 0 Å². The van der Waals surface area contributed by atoms with Crippen LogP contribution < -0.4 is 10.6 Å². The van der Waals surface area contributed by atoms with E-state index in [0.717, 1.165) is 37.5 Å². The van der Waals surface area contributed by atoms with Crippen LogP contribution in [-0.4, -0.2) is 42.2 Å². The molecular weight excluding hydrogens is 362 g/mol. The molecule has 0 unspecified atom stereocenters. The Bertz CT molecular complexity index is 628. The molecule has 0 aromatic carbocycles. The van der Waals surface area contributed by atoms with Gasteiger partial charge in [0.25, 0.3) is 5.91 Å². The predicted molar refractivity (Wildman–Crippen MR) is 108 cm³/mol. The van der Waals surface area contributed by atoms with E-state index in [1.807, 2.05) is 6.07 Å². The van der Waals surface area contributed by atoms with E-state index in [2.05, 4.69) is 15.6 Å². The van der Waals surface area contributed by atoms with Gasteiger partial charge < -0.3 is 15.7 Å². The number of rotatable bonds is 9. The Morgan fingerprint density at radius 2 is 2.07 bits per heavy atom. The maximum Gasteiger partial charge on any atom is 0.252 e. The van der Waals surface area contributed by atoms with Gasteiger partial charge in [0.15, 0.2) is 0 Å². The lowest BCUT2D eigenvalue weighted by atomic mass is 9.62. The number of carbonyl (C=O) groups is 1. The molecular formula is C21H32ClN3O2. The molecule has 2 aliphatic carbocycles. The van der Waals surface area contributed by atoms with Crippen LogP contribution in [0.2, 0.25) is 5.02 Å². The zero-order chi connectivity index (χ0) is 19.1. The highest BCUT2D eigenvalue weighted by Crippen LogP contribution is 2.48. The van der Waals surface area contributed by atoms with E-state index in [1.54, 1.807) is 6.20 Å². The van der Waals surface area contributed by atoms with Crippen molar-refractivity contribution in [2.75, 3.05) is 26.2 Å². The average molecular weight is 394 g/mol. The van der Waals surface area contributed by atoms with Crippen molar-refractivity contribution in [1.29, 1.82) is 0 Å². The number of fused-ring (bicyclic) bond motifs is 2. The van der Waals surface area contributed by atoms with Gasteiger partial charge >= 0.3 is 0 Å². The highest BCUT2D eigenvalue weighted by atomic mass is 35.5. The molecule has 2 saturated carbocycles. The van der Waals surface area contributed by atoms with Gasteiger partial charge in [-0.05, 0) is 56.0 Å². The van der Waals surface area contributed by atoms with Gasteiger partial charge in [0, 0.05) is 25.0 Å². The van der Waals surface area contributed by atoms with E-state index in [-0.39, 0.29) is 12.5 Å². The number of aryl methyl sites for hydroxylation is 1. The predicted octanol–water partition coefficient (Wildman–Crippen LogP) is 3.34. The maximum absolute atomic E-state index is 12.8. The topological polar surface area (TPSA) is 74.2 Å². The molecule has 0 atom stereocenters. The second-order valence-electron chi connectivity index (χ2n) is 8.27. The molecule has 1 heterocycles. The second-order valence-corrected chi connectivity index (χ2v) is 8.68. The van der Waals surface area contributed by atoms with Crippen LogP contribution in [0.15, 0.2) is 12.3 Å². The number of aromatic nitrogens is 1. The van der Waals surface area contributed by atoms with E-state index < -0.39 is 0 Å². The highest BCUT2D eigenvalue weighted by molar-refractivity contribution is 6.33.